The standard InChI is InChI=1S/C24H27N3O3/c1-5-26(16-23(28)25-19-11-13-21(30-4)14-12-19)24(29)22-15-17(2)27(18(22)3)20-9-7-6-8-10-20/h6-15H,5,16H2,1-4H3,(H,25,28). The number of benzene rings is 2. The average Bonchev–Trinajstić information content (AvgIpc) is 3.06. The van der Waals surface area contributed by atoms with E-state index in [1.807, 2.05) is 57.2 Å². The summed E-state index contributed by atoms with van der Waals surface area (Å²) in [5, 5.41) is 2.83. The lowest BCUT2D eigenvalue weighted by molar-refractivity contribution is -0.116. The fourth-order valence-electron chi connectivity index (χ4n) is 3.50. The Morgan fingerprint density at radius 3 is 2.30 bits per heavy atom. The number of rotatable bonds is 7. The summed E-state index contributed by atoms with van der Waals surface area (Å²) in [6.45, 7) is 6.19. The van der Waals surface area contributed by atoms with Crippen molar-refractivity contribution in [3.63, 3.8) is 0 Å². The van der Waals surface area contributed by atoms with Crippen LogP contribution >= 0.6 is 0 Å². The molecule has 0 saturated heterocycles. The van der Waals surface area contributed by atoms with Gasteiger partial charge in [-0.05, 0) is 63.2 Å². The van der Waals surface area contributed by atoms with Crippen LogP contribution in [0.15, 0.2) is 60.7 Å². The van der Waals surface area contributed by atoms with Gasteiger partial charge in [-0.1, -0.05) is 18.2 Å². The second-order valence-electron chi connectivity index (χ2n) is 7.05. The van der Waals surface area contributed by atoms with E-state index in [4.69, 9.17) is 4.74 Å². The summed E-state index contributed by atoms with van der Waals surface area (Å²) in [5.41, 5.74) is 4.10. The number of nitrogens with zero attached hydrogens (tertiary/aromatic N) is 2. The average molecular weight is 405 g/mol. The number of aryl methyl sites for hydroxylation is 1. The number of ether oxygens (including phenoxy) is 1. The van der Waals surface area contributed by atoms with Crippen LogP contribution < -0.4 is 10.1 Å². The maximum absolute atomic E-state index is 13.2. The van der Waals surface area contributed by atoms with E-state index in [9.17, 15) is 9.59 Å². The number of anilines is 1. The van der Waals surface area contributed by atoms with Gasteiger partial charge in [0.25, 0.3) is 5.91 Å². The number of hydrogen-bond donors (Lipinski definition) is 1. The molecule has 0 fully saturated rings. The highest BCUT2D eigenvalue weighted by atomic mass is 16.5. The molecule has 1 aromatic heterocycles. The molecule has 2 amide bonds. The van der Waals surface area contributed by atoms with E-state index in [1.165, 1.54) is 0 Å². The zero-order valence-electron chi connectivity index (χ0n) is 17.8. The minimum absolute atomic E-state index is 0.0175. The summed E-state index contributed by atoms with van der Waals surface area (Å²) in [7, 11) is 1.59. The van der Waals surface area contributed by atoms with Crippen LogP contribution in [0.1, 0.15) is 28.7 Å². The largest absolute Gasteiger partial charge is 0.497 e. The van der Waals surface area contributed by atoms with Crippen LogP contribution in [0.2, 0.25) is 0 Å². The van der Waals surface area contributed by atoms with Crippen molar-refractivity contribution in [2.24, 2.45) is 0 Å². The van der Waals surface area contributed by atoms with Crippen molar-refractivity contribution in [2.75, 3.05) is 25.5 Å². The molecule has 156 valence electrons. The van der Waals surface area contributed by atoms with Crippen LogP contribution in [-0.2, 0) is 4.79 Å². The Morgan fingerprint density at radius 2 is 1.70 bits per heavy atom. The topological polar surface area (TPSA) is 63.6 Å². The highest BCUT2D eigenvalue weighted by molar-refractivity contribution is 6.00. The predicted octanol–water partition coefficient (Wildman–Crippen LogP) is 4.20. The molecule has 0 aliphatic rings. The van der Waals surface area contributed by atoms with E-state index in [1.54, 1.807) is 36.3 Å². The zero-order valence-corrected chi connectivity index (χ0v) is 17.8. The minimum Gasteiger partial charge on any atom is -0.497 e. The van der Waals surface area contributed by atoms with E-state index < -0.39 is 0 Å². The molecule has 0 atom stereocenters. The van der Waals surface area contributed by atoms with Gasteiger partial charge in [-0.3, -0.25) is 9.59 Å². The molecule has 0 spiro atoms. The first-order valence-electron chi connectivity index (χ1n) is 9.92. The van der Waals surface area contributed by atoms with E-state index in [-0.39, 0.29) is 18.4 Å². The molecule has 0 aliphatic carbocycles. The van der Waals surface area contributed by atoms with E-state index in [0.29, 0.717) is 23.5 Å². The Balaban J connectivity index is 1.75. The smallest absolute Gasteiger partial charge is 0.256 e. The predicted molar refractivity (Wildman–Crippen MR) is 118 cm³/mol. The van der Waals surface area contributed by atoms with Gasteiger partial charge in [0.05, 0.1) is 12.7 Å². The highest BCUT2D eigenvalue weighted by Gasteiger charge is 2.22. The van der Waals surface area contributed by atoms with Gasteiger partial charge >= 0.3 is 0 Å². The lowest BCUT2D eigenvalue weighted by atomic mass is 10.2. The molecule has 2 aromatic carbocycles. The Morgan fingerprint density at radius 1 is 1.03 bits per heavy atom. The second-order valence-corrected chi connectivity index (χ2v) is 7.05. The van der Waals surface area contributed by atoms with Gasteiger partial charge in [0.15, 0.2) is 0 Å². The van der Waals surface area contributed by atoms with E-state index in [2.05, 4.69) is 9.88 Å². The lowest BCUT2D eigenvalue weighted by Crippen LogP contribution is -2.38. The monoisotopic (exact) mass is 405 g/mol. The van der Waals surface area contributed by atoms with Crippen molar-refractivity contribution < 1.29 is 14.3 Å². The summed E-state index contributed by atoms with van der Waals surface area (Å²) < 4.78 is 7.18. The molecule has 1 heterocycles. The molecule has 0 radical (unpaired) electrons. The number of carbonyl (C=O) groups is 2. The molecule has 6 heteroatoms. The normalized spacial score (nSPS) is 10.5. The molecular weight excluding hydrogens is 378 g/mol. The number of aromatic nitrogens is 1. The van der Waals surface area contributed by atoms with Crippen LogP contribution in [0, 0.1) is 13.8 Å². The molecule has 0 unspecified atom stereocenters. The van der Waals surface area contributed by atoms with Gasteiger partial charge < -0.3 is 19.5 Å². The molecule has 6 nitrogen and oxygen atoms in total. The van der Waals surface area contributed by atoms with Gasteiger partial charge in [-0.2, -0.15) is 0 Å². The summed E-state index contributed by atoms with van der Waals surface area (Å²) in [6.07, 6.45) is 0. The summed E-state index contributed by atoms with van der Waals surface area (Å²) in [5.74, 6) is 0.317. The number of amides is 2. The second kappa shape index (κ2) is 9.31. The SMILES string of the molecule is CCN(CC(=O)Nc1ccc(OC)cc1)C(=O)c1cc(C)n(-c2ccccc2)c1C. The van der Waals surface area contributed by atoms with Gasteiger partial charge in [-0.25, -0.2) is 0 Å². The van der Waals surface area contributed by atoms with Crippen LogP contribution in [0.5, 0.6) is 5.75 Å². The molecule has 0 bridgehead atoms. The van der Waals surface area contributed by atoms with Gasteiger partial charge in [0.1, 0.15) is 12.3 Å². The maximum atomic E-state index is 13.2. The quantitative estimate of drug-likeness (QED) is 0.641. The number of nitrogens with one attached hydrogen (secondary N) is 1. The highest BCUT2D eigenvalue weighted by Crippen LogP contribution is 2.22. The van der Waals surface area contributed by atoms with Crippen molar-refractivity contribution in [3.8, 4) is 11.4 Å². The zero-order chi connectivity index (χ0) is 21.7. The fourth-order valence-corrected chi connectivity index (χ4v) is 3.50. The minimum atomic E-state index is -0.243. The third-order valence-electron chi connectivity index (χ3n) is 5.05. The number of hydrogen-bond acceptors (Lipinski definition) is 3. The number of methoxy groups -OCH3 is 1. The van der Waals surface area contributed by atoms with Crippen molar-refractivity contribution in [1.82, 2.24) is 9.47 Å². The molecule has 3 rings (SSSR count). The first-order valence-corrected chi connectivity index (χ1v) is 9.92. The van der Waals surface area contributed by atoms with Gasteiger partial charge in [-0.15, -0.1) is 0 Å². The summed E-state index contributed by atoms with van der Waals surface area (Å²) in [4.78, 5) is 27.2. The first-order chi connectivity index (χ1) is 14.4. The van der Waals surface area contributed by atoms with Crippen LogP contribution in [0.3, 0.4) is 0 Å². The maximum Gasteiger partial charge on any atom is 0.256 e. The Kier molecular flexibility index (Phi) is 6.57. The van der Waals surface area contributed by atoms with Crippen molar-refractivity contribution in [1.29, 1.82) is 0 Å². The van der Waals surface area contributed by atoms with Crippen LogP contribution in [-0.4, -0.2) is 41.5 Å². The number of para-hydroxylation sites is 1. The molecule has 0 aliphatic heterocycles. The summed E-state index contributed by atoms with van der Waals surface area (Å²) >= 11 is 0. The first kappa shape index (κ1) is 21.2. The third kappa shape index (κ3) is 4.54. The molecule has 3 aromatic rings. The lowest BCUT2D eigenvalue weighted by Gasteiger charge is -2.20. The van der Waals surface area contributed by atoms with Crippen LogP contribution in [0.4, 0.5) is 5.69 Å². The Labute approximate surface area is 177 Å². The molecule has 1 N–H and O–H groups in total. The number of carbonyl (C=O) groups excluding carboxylic acids is 2. The third-order valence-corrected chi connectivity index (χ3v) is 5.05. The Hall–Kier alpha value is -3.54. The Bertz CT molecular complexity index is 1020. The van der Waals surface area contributed by atoms with Crippen molar-refractivity contribution >= 4 is 17.5 Å². The number of likely N-dealkylation sites (N-methyl/N-ethyl adjacent to an activating group) is 1. The van der Waals surface area contributed by atoms with E-state index >= 15 is 0 Å². The molecular formula is C24H27N3O3. The van der Waals surface area contributed by atoms with Crippen LogP contribution in [0.25, 0.3) is 5.69 Å². The fraction of sp³-hybridized carbons (Fsp3) is 0.250. The summed E-state index contributed by atoms with van der Waals surface area (Å²) in [6, 6.07) is 18.9. The van der Waals surface area contributed by atoms with E-state index in [0.717, 1.165) is 17.1 Å². The van der Waals surface area contributed by atoms with Crippen molar-refractivity contribution in [3.05, 3.63) is 77.6 Å². The van der Waals surface area contributed by atoms with Gasteiger partial charge in [0.2, 0.25) is 5.91 Å². The van der Waals surface area contributed by atoms with Crippen molar-refractivity contribution in [2.45, 2.75) is 20.8 Å². The molecule has 0 saturated carbocycles. The van der Waals surface area contributed by atoms with Gasteiger partial charge in [0, 0.05) is 29.3 Å². The molecule has 30 heavy (non-hydrogen) atoms.